The predicted molar refractivity (Wildman–Crippen MR) is 61.8 cm³/mol. The second-order valence-corrected chi connectivity index (χ2v) is 5.68. The molecule has 3 unspecified atom stereocenters. The molecule has 1 aliphatic heterocycles. The predicted octanol–water partition coefficient (Wildman–Crippen LogP) is 0.0766. The highest BCUT2D eigenvalue weighted by Gasteiger charge is 2.39. The first-order valence-electron chi connectivity index (χ1n) is 6.52. The molecule has 3 atom stereocenters. The van der Waals surface area contributed by atoms with Crippen molar-refractivity contribution in [2.24, 2.45) is 11.7 Å². The third-order valence-corrected chi connectivity index (χ3v) is 4.30. The van der Waals surface area contributed by atoms with Gasteiger partial charge in [-0.1, -0.05) is 0 Å². The fourth-order valence-electron chi connectivity index (χ4n) is 3.24. The molecule has 1 saturated heterocycles. The van der Waals surface area contributed by atoms with Gasteiger partial charge < -0.3 is 11.1 Å². The smallest absolute Gasteiger partial charge is 0.235 e. The number of fused-ring (bicyclic) bond motifs is 2. The van der Waals surface area contributed by atoms with Crippen LogP contribution in [-0.4, -0.2) is 42.0 Å². The summed E-state index contributed by atoms with van der Waals surface area (Å²) in [6.45, 7) is 2.01. The van der Waals surface area contributed by atoms with Crippen molar-refractivity contribution in [2.75, 3.05) is 13.1 Å². The van der Waals surface area contributed by atoms with Crippen LogP contribution < -0.4 is 11.1 Å². The fourth-order valence-corrected chi connectivity index (χ4v) is 3.24. The summed E-state index contributed by atoms with van der Waals surface area (Å²) in [5.74, 6) is 0.703. The van der Waals surface area contributed by atoms with Gasteiger partial charge in [-0.15, -0.1) is 0 Å². The molecule has 3 aliphatic rings. The minimum absolute atomic E-state index is 0.133. The van der Waals surface area contributed by atoms with E-state index in [0.29, 0.717) is 6.04 Å². The monoisotopic (exact) mass is 223 g/mol. The molecule has 4 heteroatoms. The highest BCUT2D eigenvalue weighted by molar-refractivity contribution is 5.80. The molecule has 0 radical (unpaired) electrons. The zero-order valence-electron chi connectivity index (χ0n) is 9.69. The van der Waals surface area contributed by atoms with E-state index in [9.17, 15) is 4.79 Å². The first kappa shape index (κ1) is 10.5. The third kappa shape index (κ3) is 2.09. The molecule has 1 heterocycles. The van der Waals surface area contributed by atoms with Crippen LogP contribution in [0.4, 0.5) is 0 Å². The lowest BCUT2D eigenvalue weighted by atomic mass is 10.1. The molecular weight excluding hydrogens is 202 g/mol. The molecule has 2 saturated carbocycles. The normalized spacial score (nSPS) is 35.5. The summed E-state index contributed by atoms with van der Waals surface area (Å²) < 4.78 is 0. The van der Waals surface area contributed by atoms with Gasteiger partial charge in [0.25, 0.3) is 0 Å². The van der Waals surface area contributed by atoms with E-state index in [4.69, 9.17) is 5.73 Å². The van der Waals surface area contributed by atoms with Gasteiger partial charge in [-0.05, 0) is 38.0 Å². The standard InChI is InChI=1S/C12H21N3O/c13-12(16)11(14-9-2-3-9)7-15-6-8-1-4-10(15)5-8/h8-11,14H,1-7H2,(H2,13,16). The van der Waals surface area contributed by atoms with Gasteiger partial charge in [0, 0.05) is 25.2 Å². The van der Waals surface area contributed by atoms with Crippen LogP contribution in [0.15, 0.2) is 0 Å². The van der Waals surface area contributed by atoms with Crippen molar-refractivity contribution in [3.8, 4) is 0 Å². The van der Waals surface area contributed by atoms with Gasteiger partial charge in [-0.2, -0.15) is 0 Å². The highest BCUT2D eigenvalue weighted by atomic mass is 16.1. The molecule has 4 nitrogen and oxygen atoms in total. The molecule has 16 heavy (non-hydrogen) atoms. The molecule has 2 aliphatic carbocycles. The summed E-state index contributed by atoms with van der Waals surface area (Å²) in [4.78, 5) is 13.9. The minimum atomic E-state index is -0.185. The van der Waals surface area contributed by atoms with Gasteiger partial charge in [-0.3, -0.25) is 9.69 Å². The first-order chi connectivity index (χ1) is 7.72. The number of likely N-dealkylation sites (tertiary alicyclic amines) is 1. The van der Waals surface area contributed by atoms with Crippen molar-refractivity contribution in [3.63, 3.8) is 0 Å². The van der Waals surface area contributed by atoms with Crippen LogP contribution in [0.2, 0.25) is 0 Å². The molecule has 0 spiro atoms. The quantitative estimate of drug-likeness (QED) is 0.694. The van der Waals surface area contributed by atoms with Gasteiger partial charge >= 0.3 is 0 Å². The molecule has 0 aromatic carbocycles. The number of carbonyl (C=O) groups is 1. The van der Waals surface area contributed by atoms with Crippen molar-refractivity contribution < 1.29 is 4.79 Å². The molecule has 0 aromatic heterocycles. The number of rotatable bonds is 5. The molecular formula is C12H21N3O. The molecule has 90 valence electrons. The number of hydrogen-bond donors (Lipinski definition) is 2. The SMILES string of the molecule is NC(=O)C(CN1CC2CCC1C2)NC1CC1. The summed E-state index contributed by atoms with van der Waals surface area (Å²) >= 11 is 0. The van der Waals surface area contributed by atoms with E-state index in [-0.39, 0.29) is 11.9 Å². The maximum atomic E-state index is 11.4. The van der Waals surface area contributed by atoms with Crippen LogP contribution in [0.25, 0.3) is 0 Å². The number of hydrogen-bond acceptors (Lipinski definition) is 3. The Morgan fingerprint density at radius 2 is 2.19 bits per heavy atom. The molecule has 3 N–H and O–H groups in total. The van der Waals surface area contributed by atoms with Crippen molar-refractivity contribution in [3.05, 3.63) is 0 Å². The Balaban J connectivity index is 1.56. The lowest BCUT2D eigenvalue weighted by molar-refractivity contribution is -0.120. The largest absolute Gasteiger partial charge is 0.368 e. The maximum absolute atomic E-state index is 11.4. The summed E-state index contributed by atoms with van der Waals surface area (Å²) in [5, 5.41) is 3.36. The molecule has 1 amide bonds. The van der Waals surface area contributed by atoms with Crippen molar-refractivity contribution in [1.29, 1.82) is 0 Å². The molecule has 3 fully saturated rings. The Labute approximate surface area is 96.5 Å². The zero-order chi connectivity index (χ0) is 11.1. The summed E-state index contributed by atoms with van der Waals surface area (Å²) in [6, 6.07) is 1.15. The lowest BCUT2D eigenvalue weighted by Gasteiger charge is -2.30. The average Bonchev–Trinajstić information content (AvgIpc) is 2.83. The van der Waals surface area contributed by atoms with E-state index in [1.165, 1.54) is 38.6 Å². The van der Waals surface area contributed by atoms with E-state index in [0.717, 1.165) is 18.5 Å². The van der Waals surface area contributed by atoms with E-state index in [1.54, 1.807) is 0 Å². The first-order valence-corrected chi connectivity index (χ1v) is 6.52. The average molecular weight is 223 g/mol. The van der Waals surface area contributed by atoms with Crippen molar-refractivity contribution in [2.45, 2.75) is 50.2 Å². The van der Waals surface area contributed by atoms with Gasteiger partial charge in [0.1, 0.15) is 0 Å². The number of amides is 1. The Kier molecular flexibility index (Phi) is 2.64. The molecule has 3 rings (SSSR count). The second-order valence-electron chi connectivity index (χ2n) is 5.68. The van der Waals surface area contributed by atoms with Crippen molar-refractivity contribution in [1.82, 2.24) is 10.2 Å². The van der Waals surface area contributed by atoms with E-state index in [1.807, 2.05) is 0 Å². The number of nitrogens with zero attached hydrogens (tertiary/aromatic N) is 1. The van der Waals surface area contributed by atoms with Gasteiger partial charge in [0.2, 0.25) is 5.91 Å². The van der Waals surface area contributed by atoms with Gasteiger partial charge in [-0.25, -0.2) is 0 Å². The summed E-state index contributed by atoms with van der Waals surface area (Å²) in [5.41, 5.74) is 5.46. The molecule has 2 bridgehead atoms. The maximum Gasteiger partial charge on any atom is 0.235 e. The number of carbonyl (C=O) groups excluding carboxylic acids is 1. The van der Waals surface area contributed by atoms with Crippen LogP contribution in [-0.2, 0) is 4.79 Å². The van der Waals surface area contributed by atoms with E-state index in [2.05, 4.69) is 10.2 Å². The van der Waals surface area contributed by atoms with E-state index < -0.39 is 0 Å². The number of nitrogens with one attached hydrogen (secondary N) is 1. The second kappa shape index (κ2) is 4.00. The van der Waals surface area contributed by atoms with Crippen LogP contribution in [0.3, 0.4) is 0 Å². The van der Waals surface area contributed by atoms with Crippen LogP contribution in [0, 0.1) is 5.92 Å². The Morgan fingerprint density at radius 1 is 1.38 bits per heavy atom. The van der Waals surface area contributed by atoms with Crippen LogP contribution in [0.1, 0.15) is 32.1 Å². The van der Waals surface area contributed by atoms with Crippen LogP contribution >= 0.6 is 0 Å². The zero-order valence-corrected chi connectivity index (χ0v) is 9.69. The Hall–Kier alpha value is -0.610. The van der Waals surface area contributed by atoms with Gasteiger partial charge in [0.15, 0.2) is 0 Å². The van der Waals surface area contributed by atoms with Crippen molar-refractivity contribution >= 4 is 5.91 Å². The number of primary amides is 1. The van der Waals surface area contributed by atoms with Crippen LogP contribution in [0.5, 0.6) is 0 Å². The van der Waals surface area contributed by atoms with Gasteiger partial charge in [0.05, 0.1) is 6.04 Å². The Morgan fingerprint density at radius 3 is 2.69 bits per heavy atom. The molecule has 0 aromatic rings. The van der Waals surface area contributed by atoms with E-state index >= 15 is 0 Å². The number of piperidine rings is 1. The summed E-state index contributed by atoms with van der Waals surface area (Å²) in [6.07, 6.45) is 6.46. The lowest BCUT2D eigenvalue weighted by Crippen LogP contribution is -2.51. The summed E-state index contributed by atoms with van der Waals surface area (Å²) in [7, 11) is 0. The Bertz CT molecular complexity index is 290. The minimum Gasteiger partial charge on any atom is -0.368 e. The topological polar surface area (TPSA) is 58.4 Å². The number of nitrogens with two attached hydrogens (primary N) is 1. The third-order valence-electron chi connectivity index (χ3n) is 4.30. The highest BCUT2D eigenvalue weighted by Crippen LogP contribution is 2.37. The fraction of sp³-hybridized carbons (Fsp3) is 0.917.